The quantitative estimate of drug-likeness (QED) is 0.754. The highest BCUT2D eigenvalue weighted by molar-refractivity contribution is 7.85. The number of aromatic nitrogens is 2. The van der Waals surface area contributed by atoms with Gasteiger partial charge in [0.2, 0.25) is 0 Å². The number of anilines is 1. The molecule has 1 aliphatic heterocycles. The summed E-state index contributed by atoms with van der Waals surface area (Å²) in [5.41, 5.74) is 5.26. The molecule has 1 aliphatic rings. The lowest BCUT2D eigenvalue weighted by Crippen LogP contribution is -2.37. The van der Waals surface area contributed by atoms with Crippen LogP contribution in [0.25, 0.3) is 11.0 Å². The Labute approximate surface area is 163 Å². The zero-order valence-corrected chi connectivity index (χ0v) is 17.8. The second-order valence-corrected chi connectivity index (χ2v) is 9.86. The van der Waals surface area contributed by atoms with Crippen LogP contribution in [0.2, 0.25) is 0 Å². The molecule has 0 amide bonds. The molecule has 2 aromatic rings. The number of aryl methyl sites for hydroxylation is 2. The van der Waals surface area contributed by atoms with Crippen molar-refractivity contribution < 1.29 is 8.95 Å². The molecular weight excluding hydrogens is 360 g/mol. The second kappa shape index (κ2) is 7.64. The van der Waals surface area contributed by atoms with Gasteiger partial charge < -0.3 is 9.64 Å². The highest BCUT2D eigenvalue weighted by Gasteiger charge is 2.21. The molecule has 0 aliphatic carbocycles. The van der Waals surface area contributed by atoms with Gasteiger partial charge in [-0.25, -0.2) is 14.2 Å². The first-order chi connectivity index (χ1) is 12.7. The molecule has 27 heavy (non-hydrogen) atoms. The lowest BCUT2D eigenvalue weighted by molar-refractivity contribution is 0.122. The van der Waals surface area contributed by atoms with Crippen LogP contribution in [0.5, 0.6) is 0 Å². The van der Waals surface area contributed by atoms with E-state index in [0.29, 0.717) is 13.2 Å². The van der Waals surface area contributed by atoms with Gasteiger partial charge in [-0.2, -0.15) is 4.40 Å². The van der Waals surface area contributed by atoms with Crippen molar-refractivity contribution in [3.8, 4) is 0 Å². The first kappa shape index (κ1) is 19.9. The fraction of sp³-hybridized carbons (Fsp3) is 0.550. The third kappa shape index (κ3) is 4.35. The summed E-state index contributed by atoms with van der Waals surface area (Å²) in [5.74, 6) is 0.889. The summed E-state index contributed by atoms with van der Waals surface area (Å²) in [7, 11) is -1.32. The predicted octanol–water partition coefficient (Wildman–Crippen LogP) is 3.35. The smallest absolute Gasteiger partial charge is 0.150 e. The van der Waals surface area contributed by atoms with E-state index in [0.717, 1.165) is 52.5 Å². The number of rotatable bonds is 3. The average molecular weight is 389 g/mol. The zero-order valence-electron chi connectivity index (χ0n) is 17.0. The molecule has 1 saturated heterocycles. The van der Waals surface area contributed by atoms with Gasteiger partial charge in [0.25, 0.3) is 0 Å². The summed E-state index contributed by atoms with van der Waals surface area (Å²) >= 11 is 0. The summed E-state index contributed by atoms with van der Waals surface area (Å²) in [6.45, 7) is 14.7. The standard InChI is InChI=1S/C20H28N4O2S/c1-13-11-16(14(2)23-27(25)20(4,5)6)18-17(12-13)21-15(3)19(22-18)24-7-9-26-10-8-24/h11-12H,7-10H2,1-6H3/t27-/m1/s1. The van der Waals surface area contributed by atoms with E-state index in [1.54, 1.807) is 0 Å². The van der Waals surface area contributed by atoms with Gasteiger partial charge in [0, 0.05) is 18.7 Å². The van der Waals surface area contributed by atoms with Crippen LogP contribution in [-0.4, -0.2) is 50.9 Å². The van der Waals surface area contributed by atoms with E-state index in [9.17, 15) is 4.21 Å². The summed E-state index contributed by atoms with van der Waals surface area (Å²) in [6, 6.07) is 4.09. The lowest BCUT2D eigenvalue weighted by atomic mass is 10.1. The molecule has 1 fully saturated rings. The Kier molecular flexibility index (Phi) is 5.63. The van der Waals surface area contributed by atoms with Crippen LogP contribution in [0.1, 0.15) is 44.5 Å². The minimum Gasteiger partial charge on any atom is -0.378 e. The zero-order chi connectivity index (χ0) is 19.8. The highest BCUT2D eigenvalue weighted by atomic mass is 32.2. The number of morpholine rings is 1. The first-order valence-electron chi connectivity index (χ1n) is 9.26. The topological polar surface area (TPSA) is 67.7 Å². The third-order valence-electron chi connectivity index (χ3n) is 4.51. The number of benzene rings is 1. The van der Waals surface area contributed by atoms with Crippen molar-refractivity contribution >= 4 is 33.5 Å². The van der Waals surface area contributed by atoms with Gasteiger partial charge in [0.05, 0.1) is 34.9 Å². The molecule has 0 N–H and O–H groups in total. The molecular formula is C20H28N4O2S. The maximum atomic E-state index is 12.5. The third-order valence-corrected chi connectivity index (χ3v) is 6.00. The molecule has 3 rings (SSSR count). The Morgan fingerprint density at radius 1 is 1.19 bits per heavy atom. The predicted molar refractivity (Wildman–Crippen MR) is 112 cm³/mol. The number of nitrogens with zero attached hydrogens (tertiary/aromatic N) is 4. The van der Waals surface area contributed by atoms with Gasteiger partial charge >= 0.3 is 0 Å². The van der Waals surface area contributed by atoms with E-state index < -0.39 is 15.7 Å². The average Bonchev–Trinajstić information content (AvgIpc) is 2.60. The highest BCUT2D eigenvalue weighted by Crippen LogP contribution is 2.25. The first-order valence-corrected chi connectivity index (χ1v) is 10.4. The van der Waals surface area contributed by atoms with Crippen molar-refractivity contribution in [3.63, 3.8) is 0 Å². The molecule has 1 atom stereocenters. The fourth-order valence-electron chi connectivity index (χ4n) is 3.04. The van der Waals surface area contributed by atoms with E-state index in [1.165, 1.54) is 0 Å². The van der Waals surface area contributed by atoms with E-state index in [1.807, 2.05) is 53.7 Å². The van der Waals surface area contributed by atoms with Gasteiger partial charge in [-0.15, -0.1) is 0 Å². The molecule has 0 unspecified atom stereocenters. The summed E-state index contributed by atoms with van der Waals surface area (Å²) < 4.78 is 22.0. The SMILES string of the molecule is CC(=N[S@](=O)C(C)(C)C)c1cc(C)cc2nc(C)c(N3CCOCC3)nc12. The Morgan fingerprint density at radius 2 is 1.85 bits per heavy atom. The lowest BCUT2D eigenvalue weighted by Gasteiger charge is -2.29. The van der Waals surface area contributed by atoms with Gasteiger partial charge in [-0.3, -0.25) is 0 Å². The fourth-order valence-corrected chi connectivity index (χ4v) is 3.66. The van der Waals surface area contributed by atoms with Crippen molar-refractivity contribution in [3.05, 3.63) is 29.0 Å². The molecule has 146 valence electrons. The largest absolute Gasteiger partial charge is 0.378 e. The molecule has 0 spiro atoms. The van der Waals surface area contributed by atoms with Crippen LogP contribution in [-0.2, 0) is 15.7 Å². The maximum Gasteiger partial charge on any atom is 0.150 e. The van der Waals surface area contributed by atoms with Crippen molar-refractivity contribution in [2.75, 3.05) is 31.2 Å². The Balaban J connectivity index is 2.14. The summed E-state index contributed by atoms with van der Waals surface area (Å²) in [4.78, 5) is 12.0. The Hall–Kier alpha value is -1.86. The van der Waals surface area contributed by atoms with Crippen LogP contribution in [0.15, 0.2) is 16.5 Å². The van der Waals surface area contributed by atoms with E-state index in [-0.39, 0.29) is 0 Å². The van der Waals surface area contributed by atoms with Crippen LogP contribution in [0.4, 0.5) is 5.82 Å². The minimum absolute atomic E-state index is 0.401. The van der Waals surface area contributed by atoms with Crippen LogP contribution < -0.4 is 4.90 Å². The van der Waals surface area contributed by atoms with Crippen molar-refractivity contribution in [1.82, 2.24) is 9.97 Å². The van der Waals surface area contributed by atoms with Crippen LogP contribution in [0, 0.1) is 13.8 Å². The molecule has 6 nitrogen and oxygen atoms in total. The van der Waals surface area contributed by atoms with E-state index in [4.69, 9.17) is 14.7 Å². The van der Waals surface area contributed by atoms with Gasteiger partial charge in [-0.1, -0.05) is 0 Å². The van der Waals surface area contributed by atoms with Crippen LogP contribution >= 0.6 is 0 Å². The number of ether oxygens (including phenoxy) is 1. The maximum absolute atomic E-state index is 12.5. The normalized spacial score (nSPS) is 17.4. The summed E-state index contributed by atoms with van der Waals surface area (Å²) in [6.07, 6.45) is 0. The van der Waals surface area contributed by atoms with Gasteiger partial charge in [-0.05, 0) is 59.2 Å². The van der Waals surface area contributed by atoms with Gasteiger partial charge in [0.1, 0.15) is 16.5 Å². The van der Waals surface area contributed by atoms with E-state index >= 15 is 0 Å². The monoisotopic (exact) mass is 388 g/mol. The molecule has 1 aromatic heterocycles. The number of hydrogen-bond donors (Lipinski definition) is 0. The van der Waals surface area contributed by atoms with Gasteiger partial charge in [0.15, 0.2) is 5.82 Å². The molecule has 0 radical (unpaired) electrons. The second-order valence-electron chi connectivity index (χ2n) is 7.95. The molecule has 0 bridgehead atoms. The summed E-state index contributed by atoms with van der Waals surface area (Å²) in [5, 5.41) is 0. The van der Waals surface area contributed by atoms with Crippen LogP contribution in [0.3, 0.4) is 0 Å². The molecule has 7 heteroatoms. The van der Waals surface area contributed by atoms with Crippen molar-refractivity contribution in [1.29, 1.82) is 0 Å². The number of hydrogen-bond acceptors (Lipinski definition) is 5. The molecule has 0 saturated carbocycles. The Bertz CT molecular complexity index is 912. The van der Waals surface area contributed by atoms with Crippen molar-refractivity contribution in [2.45, 2.75) is 46.3 Å². The Morgan fingerprint density at radius 3 is 2.48 bits per heavy atom. The van der Waals surface area contributed by atoms with E-state index in [2.05, 4.69) is 9.30 Å². The number of fused-ring (bicyclic) bond motifs is 1. The molecule has 2 heterocycles. The van der Waals surface area contributed by atoms with Crippen molar-refractivity contribution in [2.24, 2.45) is 4.40 Å². The minimum atomic E-state index is -1.32. The molecule has 1 aromatic carbocycles.